The summed E-state index contributed by atoms with van der Waals surface area (Å²) in [4.78, 5) is 12.2. The highest BCUT2D eigenvalue weighted by molar-refractivity contribution is 5.98. The number of nitrogens with one attached hydrogen (secondary N) is 1. The van der Waals surface area contributed by atoms with Gasteiger partial charge in [0.15, 0.2) is 5.78 Å². The van der Waals surface area contributed by atoms with E-state index in [-0.39, 0.29) is 17.5 Å². The van der Waals surface area contributed by atoms with Gasteiger partial charge in [0.05, 0.1) is 18.4 Å². The van der Waals surface area contributed by atoms with Crippen LogP contribution in [0.5, 0.6) is 5.75 Å². The molecule has 1 atom stereocenters. The van der Waals surface area contributed by atoms with Crippen molar-refractivity contribution < 1.29 is 13.9 Å². The van der Waals surface area contributed by atoms with Crippen LogP contribution in [-0.4, -0.2) is 22.6 Å². The number of aromatic amines is 1. The lowest BCUT2D eigenvalue weighted by atomic mass is 9.82. The van der Waals surface area contributed by atoms with Crippen LogP contribution in [-0.2, 0) is 6.42 Å². The van der Waals surface area contributed by atoms with Crippen molar-refractivity contribution in [1.29, 1.82) is 0 Å². The molecule has 4 rings (SSSR count). The number of fused-ring (bicyclic) bond motifs is 1. The first-order valence-electron chi connectivity index (χ1n) is 8.18. The number of ether oxygens (including phenoxy) is 1. The van der Waals surface area contributed by atoms with Gasteiger partial charge in [0, 0.05) is 24.1 Å². The number of ketones is 1. The Morgan fingerprint density at radius 1 is 1.30 bits per heavy atom. The van der Waals surface area contributed by atoms with Gasteiger partial charge >= 0.3 is 0 Å². The molecule has 0 bridgehead atoms. The lowest BCUT2D eigenvalue weighted by Gasteiger charge is -2.23. The Morgan fingerprint density at radius 2 is 2.17 bits per heavy atom. The van der Waals surface area contributed by atoms with Gasteiger partial charge in [-0.05, 0) is 30.4 Å². The van der Waals surface area contributed by atoms with Crippen molar-refractivity contribution in [1.82, 2.24) is 10.2 Å². The van der Waals surface area contributed by atoms with E-state index < -0.39 is 0 Å². The summed E-state index contributed by atoms with van der Waals surface area (Å²) in [5.41, 5.74) is 2.45. The molecule has 4 nitrogen and oxygen atoms in total. The predicted molar refractivity (Wildman–Crippen MR) is 83.2 cm³/mol. The molecule has 0 saturated heterocycles. The van der Waals surface area contributed by atoms with Gasteiger partial charge in [0.25, 0.3) is 0 Å². The number of benzene rings is 1. The number of nitrogens with zero attached hydrogens (tertiary/aromatic N) is 1. The van der Waals surface area contributed by atoms with Crippen LogP contribution in [0.25, 0.3) is 0 Å². The standard InChI is InChI=1S/C18H19FN2O2/c19-13-3-4-14(18(9-13)23-6-5-11-1-2-11)12-7-16-15(10-20-21-16)17(22)8-12/h3-4,9-12H,1-2,5-8H2,(H,20,21). The molecule has 2 aromatic rings. The lowest BCUT2D eigenvalue weighted by Crippen LogP contribution is -2.19. The van der Waals surface area contributed by atoms with Crippen molar-refractivity contribution in [2.75, 3.05) is 6.61 Å². The SMILES string of the molecule is O=C1CC(c2ccc(F)cc2OCCC2CC2)Cc2[nH]ncc21. The van der Waals surface area contributed by atoms with E-state index in [1.54, 1.807) is 12.3 Å². The summed E-state index contributed by atoms with van der Waals surface area (Å²) in [6.45, 7) is 0.608. The largest absolute Gasteiger partial charge is 0.493 e. The highest BCUT2D eigenvalue weighted by atomic mass is 19.1. The highest BCUT2D eigenvalue weighted by Crippen LogP contribution is 2.37. The normalized spacial score (nSPS) is 20.4. The Balaban J connectivity index is 1.56. The topological polar surface area (TPSA) is 55.0 Å². The summed E-state index contributed by atoms with van der Waals surface area (Å²) in [6.07, 6.45) is 6.27. The molecule has 2 aliphatic rings. The molecule has 1 N–H and O–H groups in total. The second-order valence-electron chi connectivity index (χ2n) is 6.55. The third kappa shape index (κ3) is 3.00. The fourth-order valence-electron chi connectivity index (χ4n) is 3.29. The number of carbonyl (C=O) groups is 1. The maximum Gasteiger partial charge on any atom is 0.166 e. The van der Waals surface area contributed by atoms with Crippen molar-refractivity contribution >= 4 is 5.78 Å². The first kappa shape index (κ1) is 14.4. The number of hydrogen-bond acceptors (Lipinski definition) is 3. The number of hydrogen-bond donors (Lipinski definition) is 1. The number of rotatable bonds is 5. The first-order chi connectivity index (χ1) is 11.2. The molecule has 5 heteroatoms. The summed E-state index contributed by atoms with van der Waals surface area (Å²) in [7, 11) is 0. The zero-order chi connectivity index (χ0) is 15.8. The quantitative estimate of drug-likeness (QED) is 0.916. The van der Waals surface area contributed by atoms with Gasteiger partial charge in [-0.1, -0.05) is 18.9 Å². The van der Waals surface area contributed by atoms with Crippen molar-refractivity contribution in [3.05, 3.63) is 47.0 Å². The van der Waals surface area contributed by atoms with Crippen LogP contribution < -0.4 is 4.74 Å². The van der Waals surface area contributed by atoms with Crippen LogP contribution in [0.3, 0.4) is 0 Å². The Labute approximate surface area is 134 Å². The second-order valence-corrected chi connectivity index (χ2v) is 6.55. The van der Waals surface area contributed by atoms with Gasteiger partial charge < -0.3 is 4.74 Å². The van der Waals surface area contributed by atoms with Gasteiger partial charge in [-0.2, -0.15) is 5.10 Å². The van der Waals surface area contributed by atoms with E-state index in [0.717, 1.165) is 23.6 Å². The monoisotopic (exact) mass is 314 g/mol. The third-order valence-corrected chi connectivity index (χ3v) is 4.80. The summed E-state index contributed by atoms with van der Waals surface area (Å²) in [5.74, 6) is 1.13. The zero-order valence-electron chi connectivity index (χ0n) is 12.8. The molecule has 2 aliphatic carbocycles. The van der Waals surface area contributed by atoms with Crippen LogP contribution in [0.1, 0.15) is 53.2 Å². The van der Waals surface area contributed by atoms with Gasteiger partial charge in [-0.3, -0.25) is 9.89 Å². The van der Waals surface area contributed by atoms with Crippen molar-refractivity contribution in [3.8, 4) is 5.75 Å². The molecule has 0 spiro atoms. The summed E-state index contributed by atoms with van der Waals surface area (Å²) in [6, 6.07) is 4.63. The molecule has 1 saturated carbocycles. The minimum atomic E-state index is -0.306. The maximum atomic E-state index is 13.6. The Hall–Kier alpha value is -2.17. The summed E-state index contributed by atoms with van der Waals surface area (Å²) in [5, 5.41) is 6.86. The minimum absolute atomic E-state index is 0.00646. The molecular formula is C18H19FN2O2. The molecule has 1 unspecified atom stereocenters. The van der Waals surface area contributed by atoms with Gasteiger partial charge in [-0.15, -0.1) is 0 Å². The van der Waals surface area contributed by atoms with Crippen molar-refractivity contribution in [3.63, 3.8) is 0 Å². The maximum absolute atomic E-state index is 13.6. The molecule has 23 heavy (non-hydrogen) atoms. The molecule has 1 aromatic heterocycles. The fraction of sp³-hybridized carbons (Fsp3) is 0.444. The molecule has 0 aliphatic heterocycles. The van der Waals surface area contributed by atoms with Crippen molar-refractivity contribution in [2.24, 2.45) is 5.92 Å². The first-order valence-corrected chi connectivity index (χ1v) is 8.18. The number of carbonyl (C=O) groups excluding carboxylic acids is 1. The number of halogens is 1. The van der Waals surface area contributed by atoms with E-state index in [0.29, 0.717) is 30.8 Å². The van der Waals surface area contributed by atoms with Crippen molar-refractivity contribution in [2.45, 2.75) is 38.0 Å². The van der Waals surface area contributed by atoms with Crippen LogP contribution in [0.15, 0.2) is 24.4 Å². The average molecular weight is 314 g/mol. The third-order valence-electron chi connectivity index (χ3n) is 4.80. The van der Waals surface area contributed by atoms with Gasteiger partial charge in [0.1, 0.15) is 11.6 Å². The van der Waals surface area contributed by atoms with Crippen LogP contribution >= 0.6 is 0 Å². The number of Topliss-reactive ketones (excluding diaryl/α,β-unsaturated/α-hetero) is 1. The Bertz CT molecular complexity index is 736. The lowest BCUT2D eigenvalue weighted by molar-refractivity contribution is 0.0963. The molecule has 0 amide bonds. The van der Waals surface area contributed by atoms with E-state index in [9.17, 15) is 9.18 Å². The van der Waals surface area contributed by atoms with Crippen LogP contribution in [0, 0.1) is 11.7 Å². The molecule has 1 heterocycles. The van der Waals surface area contributed by atoms with E-state index in [2.05, 4.69) is 10.2 Å². The molecule has 120 valence electrons. The molecule has 1 aromatic carbocycles. The van der Waals surface area contributed by atoms with Gasteiger partial charge in [-0.25, -0.2) is 4.39 Å². The zero-order valence-corrected chi connectivity index (χ0v) is 12.8. The van der Waals surface area contributed by atoms with E-state index >= 15 is 0 Å². The Morgan fingerprint density at radius 3 is 3.00 bits per heavy atom. The van der Waals surface area contributed by atoms with Crippen LogP contribution in [0.2, 0.25) is 0 Å². The number of H-pyrrole nitrogens is 1. The van der Waals surface area contributed by atoms with E-state index in [1.807, 2.05) is 0 Å². The summed E-state index contributed by atoms with van der Waals surface area (Å²) >= 11 is 0. The predicted octanol–water partition coefficient (Wildman–Crippen LogP) is 3.64. The number of aromatic nitrogens is 2. The van der Waals surface area contributed by atoms with E-state index in [4.69, 9.17) is 4.74 Å². The second kappa shape index (κ2) is 5.80. The van der Waals surface area contributed by atoms with Gasteiger partial charge in [0.2, 0.25) is 0 Å². The summed E-state index contributed by atoms with van der Waals surface area (Å²) < 4.78 is 19.5. The molecule has 0 radical (unpaired) electrons. The van der Waals surface area contributed by atoms with Crippen LogP contribution in [0.4, 0.5) is 4.39 Å². The minimum Gasteiger partial charge on any atom is -0.493 e. The average Bonchev–Trinajstić information content (AvgIpc) is 3.22. The highest BCUT2D eigenvalue weighted by Gasteiger charge is 2.30. The van der Waals surface area contributed by atoms with E-state index in [1.165, 1.54) is 25.0 Å². The molecular weight excluding hydrogens is 295 g/mol. The molecule has 1 fully saturated rings. The smallest absolute Gasteiger partial charge is 0.166 e. The Kier molecular flexibility index (Phi) is 3.63. The fourth-order valence-corrected chi connectivity index (χ4v) is 3.29.